The van der Waals surface area contributed by atoms with E-state index in [1.54, 1.807) is 0 Å². The van der Waals surface area contributed by atoms with Crippen molar-refractivity contribution in [2.24, 2.45) is 0 Å². The summed E-state index contributed by atoms with van der Waals surface area (Å²) in [5.41, 5.74) is 12.7. The fourth-order valence-corrected chi connectivity index (χ4v) is 3.37. The molecule has 1 saturated heterocycles. The van der Waals surface area contributed by atoms with Crippen LogP contribution in [0.25, 0.3) is 0 Å². The third-order valence-corrected chi connectivity index (χ3v) is 4.73. The van der Waals surface area contributed by atoms with Crippen LogP contribution in [0, 0.1) is 0 Å². The van der Waals surface area contributed by atoms with E-state index in [0.717, 1.165) is 30.3 Å². The molecule has 1 fully saturated rings. The zero-order valence-electron chi connectivity index (χ0n) is 12.2. The third kappa shape index (κ3) is 3.30. The molecule has 116 valence electrons. The largest absolute Gasteiger partial charge is 0.368 e. The van der Waals surface area contributed by atoms with Gasteiger partial charge in [0.1, 0.15) is 0 Å². The minimum atomic E-state index is 0.174. The van der Waals surface area contributed by atoms with Crippen LogP contribution in [-0.4, -0.2) is 27.5 Å². The average molecular weight is 363 g/mol. The number of halogens is 1. The normalized spacial score (nSPS) is 18.4. The number of benzene rings is 1. The standard InChI is InChI=1S/C15H19BrN6/c16-12-7-2-1-5-10(12)9-11-6-3-4-8-22(11)15-20-13(17)19-14(18)21-15/h1-2,5,7,11H,3-4,6,8-9H2,(H4,17,18,19,20,21). The first-order valence-electron chi connectivity index (χ1n) is 7.40. The molecule has 0 amide bonds. The molecule has 1 aliphatic heterocycles. The van der Waals surface area contributed by atoms with E-state index in [0.29, 0.717) is 12.0 Å². The zero-order chi connectivity index (χ0) is 15.5. The van der Waals surface area contributed by atoms with Crippen molar-refractivity contribution in [1.29, 1.82) is 0 Å². The highest BCUT2D eigenvalue weighted by molar-refractivity contribution is 9.10. The lowest BCUT2D eigenvalue weighted by Crippen LogP contribution is -2.42. The summed E-state index contributed by atoms with van der Waals surface area (Å²) in [6, 6.07) is 8.65. The second kappa shape index (κ2) is 6.48. The van der Waals surface area contributed by atoms with Crippen molar-refractivity contribution in [1.82, 2.24) is 15.0 Å². The summed E-state index contributed by atoms with van der Waals surface area (Å²) in [6.07, 6.45) is 4.37. The lowest BCUT2D eigenvalue weighted by molar-refractivity contribution is 0.450. The van der Waals surface area contributed by atoms with Gasteiger partial charge < -0.3 is 16.4 Å². The number of hydrogen-bond acceptors (Lipinski definition) is 6. The van der Waals surface area contributed by atoms with Gasteiger partial charge in [0, 0.05) is 17.1 Å². The van der Waals surface area contributed by atoms with Gasteiger partial charge in [-0.05, 0) is 37.3 Å². The predicted octanol–water partition coefficient (Wildman–Crippen LogP) is 2.40. The first-order chi connectivity index (χ1) is 10.6. The van der Waals surface area contributed by atoms with E-state index in [1.807, 2.05) is 6.07 Å². The van der Waals surface area contributed by atoms with Gasteiger partial charge in [-0.15, -0.1) is 0 Å². The molecule has 0 radical (unpaired) electrons. The molecule has 2 heterocycles. The number of piperidine rings is 1. The molecule has 0 saturated carbocycles. The van der Waals surface area contributed by atoms with Gasteiger partial charge in [-0.25, -0.2) is 0 Å². The van der Waals surface area contributed by atoms with Crippen LogP contribution in [0.2, 0.25) is 0 Å². The highest BCUT2D eigenvalue weighted by Gasteiger charge is 2.26. The Morgan fingerprint density at radius 2 is 1.82 bits per heavy atom. The minimum absolute atomic E-state index is 0.174. The Hall–Kier alpha value is -1.89. The van der Waals surface area contributed by atoms with E-state index in [-0.39, 0.29) is 11.9 Å². The first-order valence-corrected chi connectivity index (χ1v) is 8.20. The average Bonchev–Trinajstić information content (AvgIpc) is 2.49. The molecule has 0 spiro atoms. The summed E-state index contributed by atoms with van der Waals surface area (Å²) < 4.78 is 1.13. The number of aromatic nitrogens is 3. The molecule has 7 heteroatoms. The smallest absolute Gasteiger partial charge is 0.232 e. The van der Waals surface area contributed by atoms with Crippen molar-refractivity contribution >= 4 is 33.8 Å². The van der Waals surface area contributed by atoms with E-state index in [4.69, 9.17) is 11.5 Å². The quantitative estimate of drug-likeness (QED) is 0.870. The van der Waals surface area contributed by atoms with Crippen LogP contribution in [-0.2, 0) is 6.42 Å². The number of hydrogen-bond donors (Lipinski definition) is 2. The molecule has 1 aromatic carbocycles. The van der Waals surface area contributed by atoms with E-state index in [2.05, 4.69) is 54.0 Å². The maximum absolute atomic E-state index is 5.71. The number of anilines is 3. The summed E-state index contributed by atoms with van der Waals surface area (Å²) in [5, 5.41) is 0. The maximum atomic E-state index is 5.71. The summed E-state index contributed by atoms with van der Waals surface area (Å²) in [6.45, 7) is 0.915. The number of nitrogens with two attached hydrogens (primary N) is 2. The molecular weight excluding hydrogens is 344 g/mol. The molecular formula is C15H19BrN6. The SMILES string of the molecule is Nc1nc(N)nc(N2CCCCC2Cc2ccccc2Br)n1. The summed E-state index contributed by atoms with van der Waals surface area (Å²) in [5.74, 6) is 0.933. The van der Waals surface area contributed by atoms with Crippen molar-refractivity contribution in [2.75, 3.05) is 22.9 Å². The Morgan fingerprint density at radius 1 is 1.09 bits per heavy atom. The molecule has 4 N–H and O–H groups in total. The van der Waals surface area contributed by atoms with Crippen molar-refractivity contribution in [3.63, 3.8) is 0 Å². The molecule has 1 unspecified atom stereocenters. The number of nitrogen functional groups attached to an aromatic ring is 2. The molecule has 3 rings (SSSR count). The maximum Gasteiger partial charge on any atom is 0.232 e. The predicted molar refractivity (Wildman–Crippen MR) is 91.5 cm³/mol. The van der Waals surface area contributed by atoms with Gasteiger partial charge in [-0.1, -0.05) is 34.1 Å². The second-order valence-corrected chi connectivity index (χ2v) is 6.34. The van der Waals surface area contributed by atoms with Crippen LogP contribution >= 0.6 is 15.9 Å². The molecule has 2 aromatic rings. The number of rotatable bonds is 3. The lowest BCUT2D eigenvalue weighted by atomic mass is 9.96. The van der Waals surface area contributed by atoms with E-state index in [1.165, 1.54) is 12.0 Å². The van der Waals surface area contributed by atoms with E-state index in [9.17, 15) is 0 Å². The molecule has 1 aliphatic rings. The Balaban J connectivity index is 1.86. The van der Waals surface area contributed by atoms with Gasteiger partial charge in [0.05, 0.1) is 0 Å². The Labute approximate surface area is 138 Å². The Bertz CT molecular complexity index is 642. The Kier molecular flexibility index (Phi) is 4.42. The zero-order valence-corrected chi connectivity index (χ0v) is 13.8. The summed E-state index contributed by atoms with van der Waals surface area (Å²) in [4.78, 5) is 14.6. The van der Waals surface area contributed by atoms with E-state index < -0.39 is 0 Å². The fourth-order valence-electron chi connectivity index (χ4n) is 2.92. The van der Waals surface area contributed by atoms with Gasteiger partial charge in [0.15, 0.2) is 0 Å². The minimum Gasteiger partial charge on any atom is -0.368 e. The first kappa shape index (κ1) is 15.0. The fraction of sp³-hybridized carbons (Fsp3) is 0.400. The van der Waals surface area contributed by atoms with Crippen molar-refractivity contribution in [3.05, 3.63) is 34.3 Å². The lowest BCUT2D eigenvalue weighted by Gasteiger charge is -2.36. The molecule has 1 atom stereocenters. The van der Waals surface area contributed by atoms with Crippen molar-refractivity contribution < 1.29 is 0 Å². The highest BCUT2D eigenvalue weighted by atomic mass is 79.9. The molecule has 0 aliphatic carbocycles. The topological polar surface area (TPSA) is 93.9 Å². The van der Waals surface area contributed by atoms with Gasteiger partial charge in [-0.3, -0.25) is 0 Å². The molecule has 22 heavy (non-hydrogen) atoms. The van der Waals surface area contributed by atoms with Gasteiger partial charge >= 0.3 is 0 Å². The van der Waals surface area contributed by atoms with Crippen LogP contribution in [0.3, 0.4) is 0 Å². The summed E-state index contributed by atoms with van der Waals surface area (Å²) >= 11 is 3.62. The van der Waals surface area contributed by atoms with Crippen LogP contribution in [0.1, 0.15) is 24.8 Å². The molecule has 6 nitrogen and oxygen atoms in total. The van der Waals surface area contributed by atoms with Crippen LogP contribution < -0.4 is 16.4 Å². The van der Waals surface area contributed by atoms with E-state index >= 15 is 0 Å². The van der Waals surface area contributed by atoms with Gasteiger partial charge in [-0.2, -0.15) is 15.0 Å². The van der Waals surface area contributed by atoms with Crippen molar-refractivity contribution in [3.8, 4) is 0 Å². The second-order valence-electron chi connectivity index (χ2n) is 5.49. The Morgan fingerprint density at radius 3 is 2.55 bits per heavy atom. The molecule has 1 aromatic heterocycles. The third-order valence-electron chi connectivity index (χ3n) is 3.96. The van der Waals surface area contributed by atoms with Gasteiger partial charge in [0.25, 0.3) is 0 Å². The molecule has 0 bridgehead atoms. The van der Waals surface area contributed by atoms with Crippen molar-refractivity contribution in [2.45, 2.75) is 31.7 Å². The monoisotopic (exact) mass is 362 g/mol. The summed E-state index contributed by atoms with van der Waals surface area (Å²) in [7, 11) is 0. The number of nitrogens with zero attached hydrogens (tertiary/aromatic N) is 4. The van der Waals surface area contributed by atoms with Gasteiger partial charge in [0.2, 0.25) is 17.8 Å². The van der Waals surface area contributed by atoms with Crippen LogP contribution in [0.15, 0.2) is 28.7 Å². The van der Waals surface area contributed by atoms with Crippen LogP contribution in [0.5, 0.6) is 0 Å². The van der Waals surface area contributed by atoms with Crippen LogP contribution in [0.4, 0.5) is 17.8 Å². The highest BCUT2D eigenvalue weighted by Crippen LogP contribution is 2.27.